The Bertz CT molecular complexity index is 329. The van der Waals surface area contributed by atoms with Crippen LogP contribution in [0, 0.1) is 40.9 Å². The van der Waals surface area contributed by atoms with Crippen LogP contribution in [0.25, 0.3) is 0 Å². The molecule has 0 heterocycles. The van der Waals surface area contributed by atoms with Crippen molar-refractivity contribution in [2.75, 3.05) is 0 Å². The summed E-state index contributed by atoms with van der Waals surface area (Å²) in [6.45, 7) is 0. The molecular weight excluding hydrogens is 228 g/mol. The Morgan fingerprint density at radius 2 is 1.37 bits per heavy atom. The van der Waals surface area contributed by atoms with Gasteiger partial charge in [0.2, 0.25) is 0 Å². The molecule has 6 aliphatic carbocycles. The highest BCUT2D eigenvalue weighted by Gasteiger charge is 2.57. The molecule has 105 valence electrons. The lowest BCUT2D eigenvalue weighted by Gasteiger charge is -2.60. The van der Waals surface area contributed by atoms with Gasteiger partial charge in [-0.15, -0.1) is 0 Å². The van der Waals surface area contributed by atoms with Crippen LogP contribution in [0.3, 0.4) is 0 Å². The van der Waals surface area contributed by atoms with Crippen molar-refractivity contribution >= 4 is 0 Å². The standard InChI is InChI=1S/C19H29/c1-3-16(4-1)17-5-2-6-18(17)19-10-13-7-14(11-19)9-15(8-13)12-19/h13-15,17-18H,1-12H2. The van der Waals surface area contributed by atoms with Crippen LogP contribution in [-0.2, 0) is 0 Å². The molecule has 0 aliphatic heterocycles. The second kappa shape index (κ2) is 4.01. The van der Waals surface area contributed by atoms with Gasteiger partial charge in [0.25, 0.3) is 0 Å². The molecule has 6 saturated carbocycles. The van der Waals surface area contributed by atoms with Crippen LogP contribution in [0.1, 0.15) is 77.0 Å². The van der Waals surface area contributed by atoms with Gasteiger partial charge in [-0.1, -0.05) is 12.8 Å². The van der Waals surface area contributed by atoms with Crippen LogP contribution in [0.5, 0.6) is 0 Å². The highest BCUT2D eigenvalue weighted by atomic mass is 14.6. The molecule has 2 atom stereocenters. The van der Waals surface area contributed by atoms with Crippen molar-refractivity contribution in [1.82, 2.24) is 0 Å². The van der Waals surface area contributed by atoms with Crippen molar-refractivity contribution in [1.29, 1.82) is 0 Å². The molecule has 0 aromatic rings. The molecule has 6 rings (SSSR count). The van der Waals surface area contributed by atoms with E-state index >= 15 is 0 Å². The van der Waals surface area contributed by atoms with Crippen LogP contribution in [-0.4, -0.2) is 0 Å². The lowest BCUT2D eigenvalue weighted by atomic mass is 9.44. The molecule has 6 fully saturated rings. The van der Waals surface area contributed by atoms with Gasteiger partial charge in [-0.25, -0.2) is 0 Å². The minimum Gasteiger partial charge on any atom is -0.0527 e. The van der Waals surface area contributed by atoms with E-state index in [1.54, 1.807) is 57.8 Å². The van der Waals surface area contributed by atoms with Crippen molar-refractivity contribution in [3.63, 3.8) is 0 Å². The summed E-state index contributed by atoms with van der Waals surface area (Å²) in [5, 5.41) is 0. The third-order valence-electron chi connectivity index (χ3n) is 7.91. The third kappa shape index (κ3) is 1.64. The summed E-state index contributed by atoms with van der Waals surface area (Å²) in [7, 11) is 0. The minimum absolute atomic E-state index is 0.846. The largest absolute Gasteiger partial charge is 0.0527 e. The molecule has 0 amide bonds. The first-order valence-corrected chi connectivity index (χ1v) is 9.17. The molecule has 0 aromatic carbocycles. The maximum absolute atomic E-state index is 2.01. The van der Waals surface area contributed by atoms with Crippen molar-refractivity contribution in [3.05, 3.63) is 5.92 Å². The summed E-state index contributed by atoms with van der Waals surface area (Å²) in [4.78, 5) is 0. The minimum atomic E-state index is 0.846. The Labute approximate surface area is 118 Å². The lowest BCUT2D eigenvalue weighted by molar-refractivity contribution is -0.0960. The molecule has 6 aliphatic rings. The van der Waals surface area contributed by atoms with Gasteiger partial charge < -0.3 is 0 Å². The predicted octanol–water partition coefficient (Wildman–Crippen LogP) is 5.38. The molecule has 19 heavy (non-hydrogen) atoms. The maximum Gasteiger partial charge on any atom is -0.0207 e. The molecule has 0 aromatic heterocycles. The van der Waals surface area contributed by atoms with Gasteiger partial charge in [0.05, 0.1) is 0 Å². The second-order valence-electron chi connectivity index (χ2n) is 8.94. The van der Waals surface area contributed by atoms with E-state index in [9.17, 15) is 0 Å². The first kappa shape index (κ1) is 11.6. The molecule has 1 radical (unpaired) electrons. The van der Waals surface area contributed by atoms with Gasteiger partial charge in [-0.2, -0.15) is 0 Å². The van der Waals surface area contributed by atoms with E-state index in [1.165, 1.54) is 19.3 Å². The summed E-state index contributed by atoms with van der Waals surface area (Å²) in [6, 6.07) is 0. The van der Waals surface area contributed by atoms with Gasteiger partial charge in [0.15, 0.2) is 0 Å². The predicted molar refractivity (Wildman–Crippen MR) is 78.5 cm³/mol. The molecule has 0 saturated heterocycles. The van der Waals surface area contributed by atoms with Gasteiger partial charge in [-0.05, 0) is 105 Å². The average Bonchev–Trinajstić information content (AvgIpc) is 2.74. The van der Waals surface area contributed by atoms with Crippen molar-refractivity contribution in [2.45, 2.75) is 77.0 Å². The normalized spacial score (nSPS) is 56.5. The third-order valence-corrected chi connectivity index (χ3v) is 7.91. The highest BCUT2D eigenvalue weighted by molar-refractivity contribution is 5.13. The van der Waals surface area contributed by atoms with Crippen LogP contribution in [0.15, 0.2) is 0 Å². The second-order valence-corrected chi connectivity index (χ2v) is 8.94. The Morgan fingerprint density at radius 3 is 1.89 bits per heavy atom. The molecule has 0 nitrogen and oxygen atoms in total. The fourth-order valence-corrected chi connectivity index (χ4v) is 7.57. The summed E-state index contributed by atoms with van der Waals surface area (Å²) in [6.07, 6.45) is 19.0. The summed E-state index contributed by atoms with van der Waals surface area (Å²) in [5.74, 6) is 7.69. The van der Waals surface area contributed by atoms with E-state index in [0.29, 0.717) is 0 Å². The quantitative estimate of drug-likeness (QED) is 0.623. The van der Waals surface area contributed by atoms with Gasteiger partial charge in [-0.3, -0.25) is 0 Å². The average molecular weight is 257 g/mol. The first-order valence-electron chi connectivity index (χ1n) is 9.17. The number of hydrogen-bond acceptors (Lipinski definition) is 0. The summed E-state index contributed by atoms with van der Waals surface area (Å²) < 4.78 is 0. The maximum atomic E-state index is 2.01. The van der Waals surface area contributed by atoms with Gasteiger partial charge >= 0.3 is 0 Å². The topological polar surface area (TPSA) is 0 Å². The van der Waals surface area contributed by atoms with Crippen LogP contribution < -0.4 is 0 Å². The lowest BCUT2D eigenvalue weighted by Crippen LogP contribution is -2.51. The molecule has 2 unspecified atom stereocenters. The Morgan fingerprint density at radius 1 is 0.737 bits per heavy atom. The van der Waals surface area contributed by atoms with Crippen molar-refractivity contribution in [2.24, 2.45) is 35.0 Å². The summed E-state index contributed by atoms with van der Waals surface area (Å²) >= 11 is 0. The van der Waals surface area contributed by atoms with E-state index in [4.69, 9.17) is 0 Å². The fraction of sp³-hybridized carbons (Fsp3) is 0.947. The van der Waals surface area contributed by atoms with Crippen LogP contribution in [0.2, 0.25) is 0 Å². The zero-order valence-electron chi connectivity index (χ0n) is 12.4. The molecule has 0 N–H and O–H groups in total. The molecule has 0 spiro atoms. The monoisotopic (exact) mass is 257 g/mol. The SMILES string of the molecule is C1C[C](C2CCCC2C23CC4CC(CC(C4)C2)C3)C1. The Hall–Kier alpha value is 0. The van der Waals surface area contributed by atoms with E-state index < -0.39 is 0 Å². The first-order chi connectivity index (χ1) is 9.32. The van der Waals surface area contributed by atoms with E-state index in [-0.39, 0.29) is 0 Å². The van der Waals surface area contributed by atoms with Crippen molar-refractivity contribution in [3.8, 4) is 0 Å². The number of hydrogen-bond donors (Lipinski definition) is 0. The smallest absolute Gasteiger partial charge is 0.0207 e. The Kier molecular flexibility index (Phi) is 2.46. The zero-order valence-corrected chi connectivity index (χ0v) is 12.4. The van der Waals surface area contributed by atoms with E-state index in [2.05, 4.69) is 0 Å². The van der Waals surface area contributed by atoms with Crippen LogP contribution >= 0.6 is 0 Å². The molecule has 0 heteroatoms. The Balaban J connectivity index is 1.44. The van der Waals surface area contributed by atoms with Gasteiger partial charge in [0, 0.05) is 0 Å². The fourth-order valence-electron chi connectivity index (χ4n) is 7.57. The number of rotatable bonds is 2. The van der Waals surface area contributed by atoms with E-state index in [0.717, 1.165) is 35.0 Å². The van der Waals surface area contributed by atoms with E-state index in [1.807, 2.05) is 5.92 Å². The van der Waals surface area contributed by atoms with Gasteiger partial charge in [0.1, 0.15) is 0 Å². The summed E-state index contributed by atoms with van der Waals surface area (Å²) in [5.41, 5.74) is 0.846. The molecule has 4 bridgehead atoms. The highest BCUT2D eigenvalue weighted by Crippen LogP contribution is 2.67. The zero-order chi connectivity index (χ0) is 12.4. The van der Waals surface area contributed by atoms with Crippen molar-refractivity contribution < 1.29 is 0 Å². The van der Waals surface area contributed by atoms with Crippen LogP contribution in [0.4, 0.5) is 0 Å². The molecular formula is C19H29.